The second kappa shape index (κ2) is 6.24. The van der Waals surface area contributed by atoms with Crippen LogP contribution in [0.15, 0.2) is 12.1 Å². The van der Waals surface area contributed by atoms with Crippen molar-refractivity contribution in [3.63, 3.8) is 0 Å². The highest BCUT2D eigenvalue weighted by molar-refractivity contribution is 5.89. The lowest BCUT2D eigenvalue weighted by molar-refractivity contribution is -0.119. The smallest absolute Gasteiger partial charge is 0.414 e. The van der Waals surface area contributed by atoms with Gasteiger partial charge in [-0.3, -0.25) is 9.69 Å². The number of nitrogens with zero attached hydrogens (tertiary/aromatic N) is 1. The van der Waals surface area contributed by atoms with Crippen molar-refractivity contribution in [2.24, 2.45) is 0 Å². The van der Waals surface area contributed by atoms with Gasteiger partial charge in [-0.1, -0.05) is 0 Å². The van der Waals surface area contributed by atoms with Crippen molar-refractivity contribution in [2.45, 2.75) is 44.4 Å². The lowest BCUT2D eigenvalue weighted by Gasteiger charge is -2.39. The number of alkyl halides is 1. The quantitative estimate of drug-likeness (QED) is 0.902. The van der Waals surface area contributed by atoms with E-state index in [2.05, 4.69) is 5.32 Å². The van der Waals surface area contributed by atoms with E-state index in [-0.39, 0.29) is 43.1 Å². The Hall–Kier alpha value is -2.25. The third kappa shape index (κ3) is 3.57. The molecule has 1 aromatic rings. The number of carbonyl (C=O) groups excluding carboxylic acids is 2. The largest absolute Gasteiger partial charge is 0.442 e. The van der Waals surface area contributed by atoms with E-state index in [0.29, 0.717) is 0 Å². The Morgan fingerprint density at radius 2 is 1.96 bits per heavy atom. The number of cyclic esters (lactones) is 1. The van der Waals surface area contributed by atoms with Gasteiger partial charge < -0.3 is 10.1 Å². The molecule has 1 heterocycles. The van der Waals surface area contributed by atoms with Gasteiger partial charge in [0, 0.05) is 12.5 Å². The molecule has 0 bridgehead atoms. The maximum absolute atomic E-state index is 14.4. The SMILES string of the molecule is CC(=O)NC[C@H]1CN(c2cc(F)c(C3CC(C)(F)C3)c(F)c2)C(=O)O1. The minimum atomic E-state index is -1.39. The number of hydrogen-bond acceptors (Lipinski definition) is 3. The number of amides is 2. The highest BCUT2D eigenvalue weighted by atomic mass is 19.1. The summed E-state index contributed by atoms with van der Waals surface area (Å²) in [5.74, 6) is -2.36. The number of hydrogen-bond donors (Lipinski definition) is 1. The normalized spacial score (nSPS) is 28.5. The Labute approximate surface area is 143 Å². The van der Waals surface area contributed by atoms with E-state index in [0.717, 1.165) is 17.0 Å². The Morgan fingerprint density at radius 1 is 1.36 bits per heavy atom. The first kappa shape index (κ1) is 17.6. The van der Waals surface area contributed by atoms with Crippen LogP contribution in [0.3, 0.4) is 0 Å². The standard InChI is InChI=1S/C17H19F3N2O3/c1-9(23)21-7-12-8-22(16(24)25-12)11-3-13(18)15(14(19)4-11)10-5-17(2,20)6-10/h3-4,10,12H,5-8H2,1-2H3,(H,21,23)/t10?,12-,17?/m0/s1. The minimum absolute atomic E-state index is 0.0383. The maximum Gasteiger partial charge on any atom is 0.414 e. The molecule has 136 valence electrons. The number of rotatable bonds is 4. The average molecular weight is 356 g/mol. The van der Waals surface area contributed by atoms with Crippen molar-refractivity contribution in [3.8, 4) is 0 Å². The molecule has 1 aliphatic carbocycles. The van der Waals surface area contributed by atoms with Crippen LogP contribution in [0.4, 0.5) is 23.7 Å². The van der Waals surface area contributed by atoms with Crippen molar-refractivity contribution in [2.75, 3.05) is 18.0 Å². The van der Waals surface area contributed by atoms with Gasteiger partial charge in [0.05, 0.1) is 18.8 Å². The lowest BCUT2D eigenvalue weighted by atomic mass is 9.70. The van der Waals surface area contributed by atoms with Crippen molar-refractivity contribution >= 4 is 17.7 Å². The van der Waals surface area contributed by atoms with E-state index in [1.54, 1.807) is 0 Å². The predicted molar refractivity (Wildman–Crippen MR) is 84.1 cm³/mol. The highest BCUT2D eigenvalue weighted by Gasteiger charge is 2.44. The molecule has 2 aliphatic rings. The summed E-state index contributed by atoms with van der Waals surface area (Å²) in [6.45, 7) is 2.94. The minimum Gasteiger partial charge on any atom is -0.442 e. The molecule has 3 rings (SSSR count). The van der Waals surface area contributed by atoms with Gasteiger partial charge >= 0.3 is 6.09 Å². The Bertz CT molecular complexity index is 692. The van der Waals surface area contributed by atoms with Crippen LogP contribution in [0, 0.1) is 11.6 Å². The number of nitrogens with one attached hydrogen (secondary N) is 1. The molecule has 1 aromatic carbocycles. The van der Waals surface area contributed by atoms with Crippen LogP contribution < -0.4 is 10.2 Å². The van der Waals surface area contributed by atoms with Gasteiger partial charge in [0.15, 0.2) is 0 Å². The van der Waals surface area contributed by atoms with Gasteiger partial charge in [-0.2, -0.15) is 0 Å². The summed E-state index contributed by atoms with van der Waals surface area (Å²) >= 11 is 0. The molecule has 1 atom stereocenters. The van der Waals surface area contributed by atoms with Gasteiger partial charge in [0.25, 0.3) is 0 Å². The number of anilines is 1. The van der Waals surface area contributed by atoms with Crippen LogP contribution in [0.25, 0.3) is 0 Å². The van der Waals surface area contributed by atoms with Gasteiger partial charge in [-0.25, -0.2) is 18.0 Å². The second-order valence-corrected chi connectivity index (χ2v) is 6.90. The Balaban J connectivity index is 1.75. The van der Waals surface area contributed by atoms with Crippen molar-refractivity contribution < 1.29 is 27.5 Å². The zero-order valence-corrected chi connectivity index (χ0v) is 13.9. The third-order valence-electron chi connectivity index (χ3n) is 4.58. The first-order valence-electron chi connectivity index (χ1n) is 8.07. The molecule has 0 radical (unpaired) electrons. The molecule has 8 heteroatoms. The first-order chi connectivity index (χ1) is 11.7. The van der Waals surface area contributed by atoms with E-state index >= 15 is 0 Å². The van der Waals surface area contributed by atoms with Gasteiger partial charge in [0.1, 0.15) is 23.4 Å². The van der Waals surface area contributed by atoms with Gasteiger partial charge in [-0.05, 0) is 37.8 Å². The van der Waals surface area contributed by atoms with Gasteiger partial charge in [-0.15, -0.1) is 0 Å². The van der Waals surface area contributed by atoms with E-state index in [1.807, 2.05) is 0 Å². The lowest BCUT2D eigenvalue weighted by Crippen LogP contribution is -2.36. The van der Waals surface area contributed by atoms with Crippen LogP contribution in [-0.2, 0) is 9.53 Å². The Morgan fingerprint density at radius 3 is 2.48 bits per heavy atom. The summed E-state index contributed by atoms with van der Waals surface area (Å²) in [7, 11) is 0. The fraction of sp³-hybridized carbons (Fsp3) is 0.529. The number of benzene rings is 1. The third-order valence-corrected chi connectivity index (χ3v) is 4.58. The molecule has 0 spiro atoms. The van der Waals surface area contributed by atoms with E-state index in [9.17, 15) is 22.8 Å². The molecule has 1 saturated heterocycles. The van der Waals surface area contributed by atoms with Gasteiger partial charge in [0.2, 0.25) is 5.91 Å². The molecule has 2 fully saturated rings. The molecule has 1 aliphatic heterocycles. The van der Waals surface area contributed by atoms with Crippen LogP contribution in [0.5, 0.6) is 0 Å². The predicted octanol–water partition coefficient (Wildman–Crippen LogP) is 3.03. The second-order valence-electron chi connectivity index (χ2n) is 6.90. The van der Waals surface area contributed by atoms with Crippen LogP contribution >= 0.6 is 0 Å². The summed E-state index contributed by atoms with van der Waals surface area (Å²) < 4.78 is 47.4. The maximum atomic E-state index is 14.4. The zero-order chi connectivity index (χ0) is 18.4. The Kier molecular flexibility index (Phi) is 4.38. The number of ether oxygens (including phenoxy) is 1. The number of carbonyl (C=O) groups is 2. The fourth-order valence-corrected chi connectivity index (χ4v) is 3.38. The molecular formula is C17H19F3N2O3. The summed E-state index contributed by atoms with van der Waals surface area (Å²) in [6.07, 6.45) is -1.18. The van der Waals surface area contributed by atoms with Crippen molar-refractivity contribution in [1.82, 2.24) is 5.32 Å². The topological polar surface area (TPSA) is 58.6 Å². The summed E-state index contributed by atoms with van der Waals surface area (Å²) in [5, 5.41) is 2.52. The molecule has 0 unspecified atom stereocenters. The highest BCUT2D eigenvalue weighted by Crippen LogP contribution is 2.48. The molecular weight excluding hydrogens is 337 g/mol. The first-order valence-corrected chi connectivity index (χ1v) is 8.07. The van der Waals surface area contributed by atoms with Crippen LogP contribution in [-0.4, -0.2) is 36.9 Å². The van der Waals surface area contributed by atoms with Crippen LogP contribution in [0.1, 0.15) is 38.2 Å². The molecule has 1 saturated carbocycles. The molecule has 5 nitrogen and oxygen atoms in total. The molecule has 2 amide bonds. The van der Waals surface area contributed by atoms with Crippen molar-refractivity contribution in [3.05, 3.63) is 29.3 Å². The monoisotopic (exact) mass is 356 g/mol. The summed E-state index contributed by atoms with van der Waals surface area (Å²) in [4.78, 5) is 23.9. The van der Waals surface area contributed by atoms with Crippen LogP contribution in [0.2, 0.25) is 0 Å². The molecule has 25 heavy (non-hydrogen) atoms. The molecule has 0 aromatic heterocycles. The fourth-order valence-electron chi connectivity index (χ4n) is 3.38. The van der Waals surface area contributed by atoms with E-state index in [1.165, 1.54) is 13.8 Å². The van der Waals surface area contributed by atoms with E-state index in [4.69, 9.17) is 4.74 Å². The molecule has 1 N–H and O–H groups in total. The summed E-state index contributed by atoms with van der Waals surface area (Å²) in [6, 6.07) is 2.13. The summed E-state index contributed by atoms with van der Waals surface area (Å²) in [5.41, 5.74) is -1.49. The number of halogens is 3. The zero-order valence-electron chi connectivity index (χ0n) is 13.9. The van der Waals surface area contributed by atoms with Crippen molar-refractivity contribution in [1.29, 1.82) is 0 Å². The average Bonchev–Trinajstić information content (AvgIpc) is 2.83. The van der Waals surface area contributed by atoms with E-state index < -0.39 is 35.4 Å².